The second-order valence-electron chi connectivity index (χ2n) is 8.91. The second kappa shape index (κ2) is 12.7. The first-order chi connectivity index (χ1) is 16.0. The number of benzene rings is 2. The highest BCUT2D eigenvalue weighted by Gasteiger charge is 2.26. The highest BCUT2D eigenvalue weighted by atomic mass is 19.1. The highest BCUT2D eigenvalue weighted by Crippen LogP contribution is 2.29. The van der Waals surface area contributed by atoms with E-state index >= 15 is 0 Å². The van der Waals surface area contributed by atoms with Gasteiger partial charge in [0.2, 0.25) is 0 Å². The molecular weight excluding hydrogens is 417 g/mol. The standard InChI is InChI=1S/C27H36FN3O2/c1-3-4-5-6-27(22-7-8-23(18-29)21(2)17-22)31-15-13-30(14-16-31)19-26(20-32)33-25-11-9-24(28)10-12-25/h7-12,17,26-27,32H,3-6,13-16,19-20H2,1-2H3. The number of hydrogen-bond acceptors (Lipinski definition) is 5. The Morgan fingerprint density at radius 3 is 2.42 bits per heavy atom. The maximum atomic E-state index is 13.1. The van der Waals surface area contributed by atoms with Gasteiger partial charge in [-0.15, -0.1) is 0 Å². The van der Waals surface area contributed by atoms with E-state index in [4.69, 9.17) is 4.74 Å². The van der Waals surface area contributed by atoms with E-state index in [-0.39, 0.29) is 18.5 Å². The quantitative estimate of drug-likeness (QED) is 0.501. The molecule has 0 amide bonds. The molecule has 2 aromatic carbocycles. The van der Waals surface area contributed by atoms with Gasteiger partial charge in [0.1, 0.15) is 17.7 Å². The molecule has 6 heteroatoms. The van der Waals surface area contributed by atoms with Crippen molar-refractivity contribution in [3.63, 3.8) is 0 Å². The van der Waals surface area contributed by atoms with Gasteiger partial charge in [-0.2, -0.15) is 5.26 Å². The van der Waals surface area contributed by atoms with Crippen LogP contribution in [0.15, 0.2) is 42.5 Å². The van der Waals surface area contributed by atoms with Crippen LogP contribution in [0.3, 0.4) is 0 Å². The average molecular weight is 454 g/mol. The number of halogens is 1. The van der Waals surface area contributed by atoms with Crippen LogP contribution in [0.1, 0.15) is 55.3 Å². The Hall–Kier alpha value is -2.46. The summed E-state index contributed by atoms with van der Waals surface area (Å²) in [5, 5.41) is 19.1. The Balaban J connectivity index is 1.60. The van der Waals surface area contributed by atoms with Crippen molar-refractivity contribution in [3.8, 4) is 11.8 Å². The molecule has 1 aliphatic heterocycles. The molecule has 1 aliphatic rings. The molecule has 1 fully saturated rings. The first kappa shape index (κ1) is 25.2. The fraction of sp³-hybridized carbons (Fsp3) is 0.519. The van der Waals surface area contributed by atoms with Gasteiger partial charge >= 0.3 is 0 Å². The summed E-state index contributed by atoms with van der Waals surface area (Å²) in [5.41, 5.74) is 3.08. The molecule has 5 nitrogen and oxygen atoms in total. The molecule has 0 saturated carbocycles. The van der Waals surface area contributed by atoms with E-state index in [1.54, 1.807) is 12.1 Å². The smallest absolute Gasteiger partial charge is 0.134 e. The van der Waals surface area contributed by atoms with Crippen LogP contribution in [0, 0.1) is 24.1 Å². The van der Waals surface area contributed by atoms with Crippen LogP contribution < -0.4 is 4.74 Å². The average Bonchev–Trinajstić information content (AvgIpc) is 2.83. The molecule has 0 aliphatic carbocycles. The van der Waals surface area contributed by atoms with Crippen LogP contribution in [0.5, 0.6) is 5.75 Å². The number of ether oxygens (including phenoxy) is 1. The zero-order valence-electron chi connectivity index (χ0n) is 19.8. The highest BCUT2D eigenvalue weighted by molar-refractivity contribution is 5.40. The first-order valence-electron chi connectivity index (χ1n) is 12.0. The van der Waals surface area contributed by atoms with Crippen molar-refractivity contribution >= 4 is 0 Å². The van der Waals surface area contributed by atoms with Gasteiger partial charge < -0.3 is 9.84 Å². The maximum absolute atomic E-state index is 13.1. The Bertz CT molecular complexity index is 905. The molecule has 33 heavy (non-hydrogen) atoms. The third-order valence-corrected chi connectivity index (χ3v) is 6.47. The normalized spacial score (nSPS) is 16.8. The Labute approximate surface area is 197 Å². The number of hydrogen-bond donors (Lipinski definition) is 1. The maximum Gasteiger partial charge on any atom is 0.134 e. The van der Waals surface area contributed by atoms with Crippen LogP contribution in [0.2, 0.25) is 0 Å². The molecule has 1 saturated heterocycles. The lowest BCUT2D eigenvalue weighted by atomic mass is 9.95. The van der Waals surface area contributed by atoms with E-state index in [1.807, 2.05) is 13.0 Å². The summed E-state index contributed by atoms with van der Waals surface area (Å²) in [6.07, 6.45) is 4.39. The number of aliphatic hydroxyl groups excluding tert-OH is 1. The van der Waals surface area contributed by atoms with E-state index < -0.39 is 0 Å². The van der Waals surface area contributed by atoms with Gasteiger partial charge in [-0.3, -0.25) is 9.80 Å². The Morgan fingerprint density at radius 2 is 1.82 bits per heavy atom. The van der Waals surface area contributed by atoms with Crippen molar-refractivity contribution in [3.05, 3.63) is 65.0 Å². The summed E-state index contributed by atoms with van der Waals surface area (Å²) in [5.74, 6) is 0.270. The van der Waals surface area contributed by atoms with Crippen molar-refractivity contribution < 1.29 is 14.2 Å². The number of piperazine rings is 1. The number of aliphatic hydroxyl groups is 1. The number of unbranched alkanes of at least 4 members (excludes halogenated alkanes) is 2. The van der Waals surface area contributed by atoms with Crippen LogP contribution in [-0.4, -0.2) is 60.3 Å². The Kier molecular flexibility index (Phi) is 9.68. The largest absolute Gasteiger partial charge is 0.487 e. The first-order valence-corrected chi connectivity index (χ1v) is 12.0. The minimum atomic E-state index is -0.344. The van der Waals surface area contributed by atoms with Crippen LogP contribution >= 0.6 is 0 Å². The van der Waals surface area contributed by atoms with E-state index in [2.05, 4.69) is 34.9 Å². The number of nitriles is 1. The van der Waals surface area contributed by atoms with Gasteiger partial charge in [0.15, 0.2) is 0 Å². The topological polar surface area (TPSA) is 59.7 Å². The molecule has 1 heterocycles. The molecule has 0 radical (unpaired) electrons. The number of aryl methyl sites for hydroxylation is 1. The van der Waals surface area contributed by atoms with Gasteiger partial charge in [-0.05, 0) is 54.8 Å². The molecule has 0 aromatic heterocycles. The van der Waals surface area contributed by atoms with E-state index in [9.17, 15) is 14.8 Å². The predicted octanol–water partition coefficient (Wildman–Crippen LogP) is 4.68. The lowest BCUT2D eigenvalue weighted by Crippen LogP contribution is -2.50. The molecule has 2 atom stereocenters. The van der Waals surface area contributed by atoms with Gasteiger partial charge in [0.05, 0.1) is 18.2 Å². The summed E-state index contributed by atoms with van der Waals surface area (Å²) < 4.78 is 19.0. The third-order valence-electron chi connectivity index (χ3n) is 6.47. The predicted molar refractivity (Wildman–Crippen MR) is 129 cm³/mol. The number of rotatable bonds is 11. The van der Waals surface area contributed by atoms with Gasteiger partial charge in [-0.25, -0.2) is 4.39 Å². The van der Waals surface area contributed by atoms with Crippen LogP contribution in [0.25, 0.3) is 0 Å². The molecule has 0 bridgehead atoms. The summed E-state index contributed by atoms with van der Waals surface area (Å²) in [6, 6.07) is 14.8. The fourth-order valence-electron chi connectivity index (χ4n) is 4.55. The van der Waals surface area contributed by atoms with Gasteiger partial charge in [0.25, 0.3) is 0 Å². The van der Waals surface area contributed by atoms with Crippen molar-refractivity contribution in [1.29, 1.82) is 5.26 Å². The van der Waals surface area contributed by atoms with Crippen molar-refractivity contribution in [2.24, 2.45) is 0 Å². The van der Waals surface area contributed by atoms with E-state index in [1.165, 1.54) is 37.0 Å². The molecular formula is C27H36FN3O2. The summed E-state index contributed by atoms with van der Waals surface area (Å²) in [4.78, 5) is 4.88. The van der Waals surface area contributed by atoms with E-state index in [0.29, 0.717) is 18.3 Å². The molecule has 2 aromatic rings. The minimum absolute atomic E-state index is 0.0816. The fourth-order valence-corrected chi connectivity index (χ4v) is 4.55. The molecule has 0 spiro atoms. The minimum Gasteiger partial charge on any atom is -0.487 e. The van der Waals surface area contributed by atoms with E-state index in [0.717, 1.165) is 43.7 Å². The van der Waals surface area contributed by atoms with Crippen molar-refractivity contribution in [2.75, 3.05) is 39.3 Å². The number of nitrogens with zero attached hydrogens (tertiary/aromatic N) is 3. The second-order valence-corrected chi connectivity index (χ2v) is 8.91. The third kappa shape index (κ3) is 7.26. The zero-order chi connectivity index (χ0) is 23.6. The van der Waals surface area contributed by atoms with Gasteiger partial charge in [0, 0.05) is 38.8 Å². The van der Waals surface area contributed by atoms with Crippen LogP contribution in [0.4, 0.5) is 4.39 Å². The summed E-state index contributed by atoms with van der Waals surface area (Å²) >= 11 is 0. The summed E-state index contributed by atoms with van der Waals surface area (Å²) in [6.45, 7) is 8.51. The monoisotopic (exact) mass is 453 g/mol. The molecule has 1 N–H and O–H groups in total. The lowest BCUT2D eigenvalue weighted by molar-refractivity contribution is 0.0403. The molecule has 178 valence electrons. The lowest BCUT2D eigenvalue weighted by Gasteiger charge is -2.40. The molecule has 3 rings (SSSR count). The zero-order valence-corrected chi connectivity index (χ0v) is 19.8. The Morgan fingerprint density at radius 1 is 1.09 bits per heavy atom. The SMILES string of the molecule is CCCCCC(c1ccc(C#N)c(C)c1)N1CCN(CC(CO)Oc2ccc(F)cc2)CC1. The summed E-state index contributed by atoms with van der Waals surface area (Å²) in [7, 11) is 0. The van der Waals surface area contributed by atoms with Crippen LogP contribution in [-0.2, 0) is 0 Å². The van der Waals surface area contributed by atoms with Crippen molar-refractivity contribution in [2.45, 2.75) is 51.7 Å². The van der Waals surface area contributed by atoms with Gasteiger partial charge in [-0.1, -0.05) is 38.3 Å². The van der Waals surface area contributed by atoms with Crippen molar-refractivity contribution in [1.82, 2.24) is 9.80 Å². The molecule has 2 unspecified atom stereocenters.